The quantitative estimate of drug-likeness (QED) is 0.790. The molecule has 23 heavy (non-hydrogen) atoms. The number of nitrogens with zero attached hydrogens (tertiary/aromatic N) is 4. The molecule has 0 spiro atoms. The topological polar surface area (TPSA) is 55.6 Å². The van der Waals surface area contributed by atoms with Gasteiger partial charge in [-0.3, -0.25) is 0 Å². The minimum absolute atomic E-state index is 0.319. The first kappa shape index (κ1) is 15.2. The molecule has 7 heteroatoms. The van der Waals surface area contributed by atoms with Crippen molar-refractivity contribution < 1.29 is 4.39 Å². The van der Waals surface area contributed by atoms with Crippen molar-refractivity contribution in [3.05, 3.63) is 70.9 Å². The summed E-state index contributed by atoms with van der Waals surface area (Å²) in [5, 5.41) is 14.8. The average Bonchev–Trinajstić information content (AvgIpc) is 2.99. The van der Waals surface area contributed by atoms with Crippen molar-refractivity contribution in [2.45, 2.75) is 6.92 Å². The molecule has 0 aliphatic heterocycles. The highest BCUT2D eigenvalue weighted by Gasteiger charge is 2.05. The Bertz CT molecular complexity index is 842. The minimum atomic E-state index is -0.430. The Morgan fingerprint density at radius 1 is 1.17 bits per heavy atom. The van der Waals surface area contributed by atoms with Crippen molar-refractivity contribution >= 4 is 23.4 Å². The molecule has 5 nitrogen and oxygen atoms in total. The van der Waals surface area contributed by atoms with Crippen molar-refractivity contribution in [2.24, 2.45) is 0 Å². The van der Waals surface area contributed by atoms with Crippen LogP contribution in [-0.2, 0) is 0 Å². The molecule has 0 fully saturated rings. The number of halogens is 2. The molecule has 0 bridgehead atoms. The Kier molecular flexibility index (Phi) is 4.34. The molecule has 1 aromatic heterocycles. The van der Waals surface area contributed by atoms with Gasteiger partial charge in [0.05, 0.1) is 11.4 Å². The van der Waals surface area contributed by atoms with Crippen molar-refractivity contribution in [1.29, 1.82) is 0 Å². The number of benzene rings is 2. The molecule has 1 N–H and O–H groups in total. The van der Waals surface area contributed by atoms with E-state index in [2.05, 4.69) is 20.8 Å². The van der Waals surface area contributed by atoms with Gasteiger partial charge in [0.1, 0.15) is 5.82 Å². The van der Waals surface area contributed by atoms with Crippen molar-refractivity contribution in [3.63, 3.8) is 0 Å². The fourth-order valence-corrected chi connectivity index (χ4v) is 2.14. The van der Waals surface area contributed by atoms with Gasteiger partial charge in [0.25, 0.3) is 0 Å². The molecule has 1 heterocycles. The van der Waals surface area contributed by atoms with E-state index in [0.29, 0.717) is 16.5 Å². The zero-order valence-corrected chi connectivity index (χ0v) is 13.0. The van der Waals surface area contributed by atoms with E-state index in [0.717, 1.165) is 11.3 Å². The average molecular weight is 330 g/mol. The summed E-state index contributed by atoms with van der Waals surface area (Å²) in [5.41, 5.74) is 2.32. The molecule has 3 rings (SSSR count). The smallest absolute Gasteiger partial charge is 0.181 e. The molecule has 0 saturated carbocycles. The first-order valence-corrected chi connectivity index (χ1v) is 7.25. The van der Waals surface area contributed by atoms with Crippen LogP contribution in [-0.4, -0.2) is 20.2 Å². The molecule has 0 saturated heterocycles. The maximum Gasteiger partial charge on any atom is 0.181 e. The van der Waals surface area contributed by atoms with Crippen LogP contribution in [0.2, 0.25) is 5.02 Å². The van der Waals surface area contributed by atoms with Crippen LogP contribution in [0.15, 0.2) is 48.7 Å². The lowest BCUT2D eigenvalue weighted by molar-refractivity contribution is 0.632. The number of hydrogen-bond donors (Lipinski definition) is 1. The fourth-order valence-electron chi connectivity index (χ4n) is 1.98. The normalized spacial score (nSPS) is 11.1. The Labute approximate surface area is 137 Å². The van der Waals surface area contributed by atoms with E-state index in [1.165, 1.54) is 6.07 Å². The molecule has 0 amide bonds. The van der Waals surface area contributed by atoms with Gasteiger partial charge in [-0.15, -0.1) is 5.10 Å². The van der Waals surface area contributed by atoms with Crippen LogP contribution in [0.4, 0.5) is 10.1 Å². The van der Waals surface area contributed by atoms with Crippen LogP contribution in [0, 0.1) is 12.7 Å². The van der Waals surface area contributed by atoms with E-state index in [9.17, 15) is 4.39 Å². The second-order valence-corrected chi connectivity index (χ2v) is 5.32. The summed E-state index contributed by atoms with van der Waals surface area (Å²) in [6.07, 6.45) is 3.23. The van der Waals surface area contributed by atoms with Crippen LogP contribution >= 0.6 is 11.6 Å². The van der Waals surface area contributed by atoms with Crippen LogP contribution < -0.4 is 5.32 Å². The summed E-state index contributed by atoms with van der Waals surface area (Å²) in [7, 11) is 0. The number of aromatic nitrogens is 4. The number of tetrazole rings is 1. The van der Waals surface area contributed by atoms with Crippen molar-refractivity contribution in [1.82, 2.24) is 20.2 Å². The van der Waals surface area contributed by atoms with Crippen LogP contribution in [0.5, 0.6) is 0 Å². The van der Waals surface area contributed by atoms with Gasteiger partial charge in [0, 0.05) is 17.3 Å². The van der Waals surface area contributed by atoms with Crippen molar-refractivity contribution in [2.75, 3.05) is 5.32 Å². The first-order chi connectivity index (χ1) is 11.1. The molecule has 0 aliphatic carbocycles. The number of aryl methyl sites for hydroxylation is 1. The summed E-state index contributed by atoms with van der Waals surface area (Å²) < 4.78 is 15.3. The van der Waals surface area contributed by atoms with E-state index in [4.69, 9.17) is 11.6 Å². The predicted octanol–water partition coefficient (Wildman–Crippen LogP) is 3.85. The number of hydrogen-bond acceptors (Lipinski definition) is 4. The number of rotatable bonds is 4. The molecule has 0 radical (unpaired) electrons. The zero-order valence-electron chi connectivity index (χ0n) is 12.2. The zero-order chi connectivity index (χ0) is 16.2. The number of anilines is 1. The summed E-state index contributed by atoms with van der Waals surface area (Å²) in [6, 6.07) is 12.2. The summed E-state index contributed by atoms with van der Waals surface area (Å²) in [4.78, 5) is 0. The molecule has 116 valence electrons. The standard InChI is InChI=1S/C16H13ClFN5/c1-11-2-5-13(6-3-11)23-16(20-21-22-23)8-9-19-15-7-4-12(17)10-14(15)18/h2-10,19H,1H3/b9-8+. The molecule has 0 aliphatic rings. The number of nitrogens with one attached hydrogen (secondary N) is 1. The van der Waals surface area contributed by atoms with E-state index in [-0.39, 0.29) is 0 Å². The highest BCUT2D eigenvalue weighted by molar-refractivity contribution is 6.30. The Balaban J connectivity index is 1.78. The third-order valence-corrected chi connectivity index (χ3v) is 3.41. The molecule has 2 aromatic carbocycles. The third-order valence-electron chi connectivity index (χ3n) is 3.17. The Morgan fingerprint density at radius 2 is 1.96 bits per heavy atom. The fraction of sp³-hybridized carbons (Fsp3) is 0.0625. The van der Waals surface area contributed by atoms with Gasteiger partial charge in [-0.2, -0.15) is 4.68 Å². The summed E-state index contributed by atoms with van der Waals surface area (Å²) in [5.74, 6) is 0.0935. The van der Waals surface area contributed by atoms with Crippen molar-refractivity contribution in [3.8, 4) is 5.69 Å². The van der Waals surface area contributed by atoms with Gasteiger partial charge in [-0.25, -0.2) is 4.39 Å². The van der Waals surface area contributed by atoms with Gasteiger partial charge >= 0.3 is 0 Å². The van der Waals surface area contributed by atoms with Gasteiger partial charge < -0.3 is 5.32 Å². The Hall–Kier alpha value is -2.73. The maximum absolute atomic E-state index is 13.7. The monoisotopic (exact) mass is 329 g/mol. The predicted molar refractivity (Wildman–Crippen MR) is 88.0 cm³/mol. The molecular weight excluding hydrogens is 317 g/mol. The largest absolute Gasteiger partial charge is 0.359 e. The van der Waals surface area contributed by atoms with Crippen LogP contribution in [0.3, 0.4) is 0 Å². The van der Waals surface area contributed by atoms with Crippen LogP contribution in [0.25, 0.3) is 11.8 Å². The van der Waals surface area contributed by atoms with Gasteiger partial charge in [0.15, 0.2) is 5.82 Å². The van der Waals surface area contributed by atoms with E-state index >= 15 is 0 Å². The second kappa shape index (κ2) is 6.58. The minimum Gasteiger partial charge on any atom is -0.359 e. The van der Waals surface area contributed by atoms with Gasteiger partial charge in [0.2, 0.25) is 0 Å². The van der Waals surface area contributed by atoms with E-state index < -0.39 is 5.82 Å². The van der Waals surface area contributed by atoms with Gasteiger partial charge in [-0.1, -0.05) is 29.3 Å². The summed E-state index contributed by atoms with van der Waals surface area (Å²) in [6.45, 7) is 2.01. The molecular formula is C16H13ClFN5. The lowest BCUT2D eigenvalue weighted by Gasteiger charge is -2.04. The molecule has 0 atom stereocenters. The Morgan fingerprint density at radius 3 is 2.70 bits per heavy atom. The first-order valence-electron chi connectivity index (χ1n) is 6.87. The lowest BCUT2D eigenvalue weighted by atomic mass is 10.2. The third kappa shape index (κ3) is 3.54. The van der Waals surface area contributed by atoms with E-state index in [1.54, 1.807) is 29.1 Å². The highest BCUT2D eigenvalue weighted by Crippen LogP contribution is 2.19. The highest BCUT2D eigenvalue weighted by atomic mass is 35.5. The SMILES string of the molecule is Cc1ccc(-n2nnnc2/C=C/Nc2ccc(Cl)cc2F)cc1. The maximum atomic E-state index is 13.7. The molecule has 0 unspecified atom stereocenters. The van der Waals surface area contributed by atoms with Crippen LogP contribution in [0.1, 0.15) is 11.4 Å². The second-order valence-electron chi connectivity index (χ2n) is 4.89. The lowest BCUT2D eigenvalue weighted by Crippen LogP contribution is -2.00. The van der Waals surface area contributed by atoms with E-state index in [1.807, 2.05) is 31.2 Å². The van der Waals surface area contributed by atoms with Gasteiger partial charge in [-0.05, 0) is 47.7 Å². The summed E-state index contributed by atoms with van der Waals surface area (Å²) >= 11 is 5.72. The molecule has 3 aromatic rings.